The zero-order valence-corrected chi connectivity index (χ0v) is 16.1. The molecule has 27 heavy (non-hydrogen) atoms. The first-order chi connectivity index (χ1) is 13.0. The van der Waals surface area contributed by atoms with Crippen molar-refractivity contribution in [3.8, 4) is 0 Å². The Morgan fingerprint density at radius 2 is 1.74 bits per heavy atom. The summed E-state index contributed by atoms with van der Waals surface area (Å²) in [6.07, 6.45) is 3.48. The molecule has 0 bridgehead atoms. The molecule has 0 radical (unpaired) electrons. The van der Waals surface area contributed by atoms with Gasteiger partial charge in [-0.1, -0.05) is 6.07 Å². The summed E-state index contributed by atoms with van der Waals surface area (Å²) in [7, 11) is 0. The Morgan fingerprint density at radius 3 is 2.33 bits per heavy atom. The molecule has 7 heteroatoms. The zero-order valence-electron chi connectivity index (χ0n) is 15.3. The second kappa shape index (κ2) is 7.31. The molecule has 4 heterocycles. The van der Waals surface area contributed by atoms with Gasteiger partial charge in [0.1, 0.15) is 5.56 Å². The van der Waals surface area contributed by atoms with Gasteiger partial charge in [0.15, 0.2) is 0 Å². The van der Waals surface area contributed by atoms with Gasteiger partial charge in [0.05, 0.1) is 4.88 Å². The van der Waals surface area contributed by atoms with Crippen LogP contribution in [0, 0.1) is 18.8 Å². The van der Waals surface area contributed by atoms with Crippen molar-refractivity contribution in [2.24, 2.45) is 11.8 Å². The number of likely N-dealkylation sites (tertiary alicyclic amines) is 2. The minimum atomic E-state index is -0.322. The normalized spacial score (nSPS) is 22.4. The lowest BCUT2D eigenvalue weighted by Crippen LogP contribution is -2.35. The number of hydrogen-bond acceptors (Lipinski definition) is 4. The minimum absolute atomic E-state index is 0.116. The van der Waals surface area contributed by atoms with Crippen molar-refractivity contribution in [1.29, 1.82) is 0 Å². The van der Waals surface area contributed by atoms with E-state index in [1.165, 1.54) is 11.3 Å². The average Bonchev–Trinajstić information content (AvgIpc) is 3.41. The van der Waals surface area contributed by atoms with Crippen LogP contribution in [0.5, 0.6) is 0 Å². The molecule has 0 aliphatic carbocycles. The molecule has 2 aliphatic heterocycles. The summed E-state index contributed by atoms with van der Waals surface area (Å²) in [5, 5.41) is 1.93. The van der Waals surface area contributed by atoms with Crippen LogP contribution in [0.3, 0.4) is 0 Å². The summed E-state index contributed by atoms with van der Waals surface area (Å²) in [5.74, 6) is 0.742. The van der Waals surface area contributed by atoms with Crippen LogP contribution >= 0.6 is 11.3 Å². The highest BCUT2D eigenvalue weighted by Crippen LogP contribution is 2.32. The van der Waals surface area contributed by atoms with Crippen LogP contribution < -0.4 is 5.56 Å². The molecule has 2 atom stereocenters. The summed E-state index contributed by atoms with van der Waals surface area (Å²) in [6.45, 7) is 4.67. The number of carbonyl (C=O) groups is 2. The van der Waals surface area contributed by atoms with Gasteiger partial charge in [0.25, 0.3) is 17.4 Å². The third-order valence-corrected chi connectivity index (χ3v) is 6.66. The Kier molecular flexibility index (Phi) is 4.86. The first kappa shape index (κ1) is 18.0. The molecule has 4 rings (SSSR count). The van der Waals surface area contributed by atoms with E-state index in [-0.39, 0.29) is 22.9 Å². The van der Waals surface area contributed by atoms with E-state index in [1.54, 1.807) is 24.1 Å². The molecule has 2 unspecified atom stereocenters. The van der Waals surface area contributed by atoms with Gasteiger partial charge in [-0.25, -0.2) is 0 Å². The predicted octanol–water partition coefficient (Wildman–Crippen LogP) is 2.37. The quantitative estimate of drug-likeness (QED) is 0.882. The Bertz CT molecular complexity index is 905. The van der Waals surface area contributed by atoms with Crippen LogP contribution in [0.1, 0.15) is 38.4 Å². The van der Waals surface area contributed by atoms with Crippen LogP contribution in [0.15, 0.2) is 34.6 Å². The Morgan fingerprint density at radius 1 is 1.07 bits per heavy atom. The molecule has 2 saturated heterocycles. The molecule has 6 nitrogen and oxygen atoms in total. The molecule has 1 N–H and O–H groups in total. The second-order valence-electron chi connectivity index (χ2n) is 7.44. The number of aryl methyl sites for hydroxylation is 1. The van der Waals surface area contributed by atoms with E-state index in [0.717, 1.165) is 30.8 Å². The Hall–Kier alpha value is -2.41. The molecule has 0 spiro atoms. The van der Waals surface area contributed by atoms with Gasteiger partial charge in [-0.15, -0.1) is 11.3 Å². The number of amides is 2. The maximum atomic E-state index is 12.8. The maximum absolute atomic E-state index is 12.8. The molecule has 2 aliphatic rings. The zero-order chi connectivity index (χ0) is 19.0. The van der Waals surface area contributed by atoms with Crippen molar-refractivity contribution in [3.05, 3.63) is 56.1 Å². The molecule has 0 saturated carbocycles. The number of aromatic amines is 1. The number of rotatable bonds is 3. The smallest absolute Gasteiger partial charge is 0.263 e. The summed E-state index contributed by atoms with van der Waals surface area (Å²) >= 11 is 1.48. The first-order valence-electron chi connectivity index (χ1n) is 9.35. The van der Waals surface area contributed by atoms with Crippen molar-refractivity contribution in [2.45, 2.75) is 19.8 Å². The fraction of sp³-hybridized carbons (Fsp3) is 0.450. The number of thiophene rings is 1. The number of carbonyl (C=O) groups excluding carboxylic acids is 2. The number of nitrogens with one attached hydrogen (secondary N) is 1. The van der Waals surface area contributed by atoms with E-state index in [2.05, 4.69) is 4.98 Å². The Balaban J connectivity index is 1.39. The Labute approximate surface area is 161 Å². The fourth-order valence-corrected chi connectivity index (χ4v) is 4.96. The molecule has 2 amide bonds. The van der Waals surface area contributed by atoms with Crippen LogP contribution in [-0.4, -0.2) is 52.8 Å². The molecule has 2 aromatic heterocycles. The van der Waals surface area contributed by atoms with Gasteiger partial charge in [0.2, 0.25) is 0 Å². The standard InChI is InChI=1S/C20H23N3O3S/c1-13-4-7-21-18(24)17(13)20(26)23-9-6-15(12-23)14-5-8-22(11-14)19(25)16-3-2-10-27-16/h2-4,7,10,14-15H,5-6,8-9,11-12H2,1H3,(H,21,24). The van der Waals surface area contributed by atoms with Gasteiger partial charge in [0, 0.05) is 32.4 Å². The average molecular weight is 385 g/mol. The van der Waals surface area contributed by atoms with Gasteiger partial charge >= 0.3 is 0 Å². The van der Waals surface area contributed by atoms with E-state index in [9.17, 15) is 14.4 Å². The third kappa shape index (κ3) is 3.43. The van der Waals surface area contributed by atoms with E-state index in [4.69, 9.17) is 0 Å². The van der Waals surface area contributed by atoms with E-state index in [1.807, 2.05) is 22.4 Å². The highest BCUT2D eigenvalue weighted by Gasteiger charge is 2.37. The number of nitrogens with zero attached hydrogens (tertiary/aromatic N) is 2. The van der Waals surface area contributed by atoms with Gasteiger partial charge in [-0.3, -0.25) is 14.4 Å². The minimum Gasteiger partial charge on any atom is -0.338 e. The highest BCUT2D eigenvalue weighted by atomic mass is 32.1. The van der Waals surface area contributed by atoms with Crippen LogP contribution in [-0.2, 0) is 0 Å². The van der Waals surface area contributed by atoms with Crippen molar-refractivity contribution in [3.63, 3.8) is 0 Å². The summed E-state index contributed by atoms with van der Waals surface area (Å²) in [4.78, 5) is 44.5. The van der Waals surface area contributed by atoms with Crippen LogP contribution in [0.4, 0.5) is 0 Å². The highest BCUT2D eigenvalue weighted by molar-refractivity contribution is 7.12. The topological polar surface area (TPSA) is 73.5 Å². The molecule has 0 aromatic carbocycles. The molecular weight excluding hydrogens is 362 g/mol. The van der Waals surface area contributed by atoms with E-state index in [0.29, 0.717) is 30.5 Å². The van der Waals surface area contributed by atoms with E-state index < -0.39 is 0 Å². The SMILES string of the molecule is Cc1cc[nH]c(=O)c1C(=O)N1CCC(C2CCN(C(=O)c3cccs3)C2)C1. The van der Waals surface area contributed by atoms with Crippen molar-refractivity contribution < 1.29 is 9.59 Å². The first-order valence-corrected chi connectivity index (χ1v) is 10.2. The van der Waals surface area contributed by atoms with Gasteiger partial charge in [-0.2, -0.15) is 0 Å². The van der Waals surface area contributed by atoms with Crippen molar-refractivity contribution in [2.75, 3.05) is 26.2 Å². The van der Waals surface area contributed by atoms with Crippen LogP contribution in [0.2, 0.25) is 0 Å². The van der Waals surface area contributed by atoms with Crippen molar-refractivity contribution >= 4 is 23.2 Å². The van der Waals surface area contributed by atoms with Gasteiger partial charge in [-0.05, 0) is 54.7 Å². The van der Waals surface area contributed by atoms with Crippen molar-refractivity contribution in [1.82, 2.24) is 14.8 Å². The van der Waals surface area contributed by atoms with Crippen LogP contribution in [0.25, 0.3) is 0 Å². The summed E-state index contributed by atoms with van der Waals surface area (Å²) in [5.41, 5.74) is 0.636. The second-order valence-corrected chi connectivity index (χ2v) is 8.39. The molecule has 2 aromatic rings. The monoisotopic (exact) mass is 385 g/mol. The van der Waals surface area contributed by atoms with E-state index >= 15 is 0 Å². The number of hydrogen-bond donors (Lipinski definition) is 1. The fourth-order valence-electron chi connectivity index (χ4n) is 4.27. The maximum Gasteiger partial charge on any atom is 0.263 e. The summed E-state index contributed by atoms with van der Waals surface area (Å²) < 4.78 is 0. The largest absolute Gasteiger partial charge is 0.338 e. The lowest BCUT2D eigenvalue weighted by Gasteiger charge is -2.21. The molecule has 2 fully saturated rings. The lowest BCUT2D eigenvalue weighted by atomic mass is 9.91. The predicted molar refractivity (Wildman–Crippen MR) is 104 cm³/mol. The third-order valence-electron chi connectivity index (χ3n) is 5.81. The molecular formula is C20H23N3O3S. The summed E-state index contributed by atoms with van der Waals surface area (Å²) in [6, 6.07) is 5.53. The number of H-pyrrole nitrogens is 1. The molecule has 142 valence electrons. The number of aromatic nitrogens is 1. The van der Waals surface area contributed by atoms with Gasteiger partial charge < -0.3 is 14.8 Å². The number of pyridine rings is 1. The lowest BCUT2D eigenvalue weighted by molar-refractivity contribution is 0.0763.